The summed E-state index contributed by atoms with van der Waals surface area (Å²) in [7, 11) is 1.60. The quantitative estimate of drug-likeness (QED) is 0.804. The fourth-order valence-corrected chi connectivity index (χ4v) is 2.29. The lowest BCUT2D eigenvalue weighted by Crippen LogP contribution is -2.30. The molecule has 1 atom stereocenters. The van der Waals surface area contributed by atoms with Crippen molar-refractivity contribution < 1.29 is 14.3 Å². The average molecular weight is 248 g/mol. The first kappa shape index (κ1) is 12.9. The lowest BCUT2D eigenvalue weighted by atomic mass is 9.86. The molecule has 18 heavy (non-hydrogen) atoms. The lowest BCUT2D eigenvalue weighted by molar-refractivity contribution is 0.0775. The van der Waals surface area contributed by atoms with Crippen molar-refractivity contribution in [3.05, 3.63) is 23.8 Å². The summed E-state index contributed by atoms with van der Waals surface area (Å²) in [6.45, 7) is 6.47. The molecule has 0 radical (unpaired) electrons. The first-order chi connectivity index (χ1) is 8.39. The predicted molar refractivity (Wildman–Crippen MR) is 70.4 cm³/mol. The molecule has 1 heterocycles. The summed E-state index contributed by atoms with van der Waals surface area (Å²) >= 11 is 0. The molecule has 0 aliphatic carbocycles. The molecule has 1 aromatic rings. The maximum Gasteiger partial charge on any atom is 0.170 e. The summed E-state index contributed by atoms with van der Waals surface area (Å²) in [5, 5.41) is 0. The van der Waals surface area contributed by atoms with Gasteiger partial charge in [0.15, 0.2) is 5.78 Å². The Morgan fingerprint density at radius 1 is 1.39 bits per heavy atom. The van der Waals surface area contributed by atoms with Gasteiger partial charge in [0.25, 0.3) is 0 Å². The van der Waals surface area contributed by atoms with Gasteiger partial charge in [-0.05, 0) is 30.0 Å². The van der Waals surface area contributed by atoms with E-state index < -0.39 is 0 Å². The Balaban J connectivity index is 2.22. The van der Waals surface area contributed by atoms with E-state index in [0.717, 1.165) is 6.42 Å². The highest BCUT2D eigenvalue weighted by Gasteiger charge is 2.29. The van der Waals surface area contributed by atoms with Crippen LogP contribution in [0.15, 0.2) is 18.2 Å². The molecule has 1 aromatic carbocycles. The molecule has 1 aliphatic rings. The summed E-state index contributed by atoms with van der Waals surface area (Å²) < 4.78 is 11.0. The minimum atomic E-state index is -0.0154. The van der Waals surface area contributed by atoms with E-state index >= 15 is 0 Å². The molecule has 0 aromatic heterocycles. The number of hydrogen-bond donors (Lipinski definition) is 0. The topological polar surface area (TPSA) is 35.5 Å². The van der Waals surface area contributed by atoms with Crippen molar-refractivity contribution in [2.45, 2.75) is 39.7 Å². The van der Waals surface area contributed by atoms with Crippen molar-refractivity contribution in [3.63, 3.8) is 0 Å². The fourth-order valence-electron chi connectivity index (χ4n) is 2.29. The van der Waals surface area contributed by atoms with Gasteiger partial charge in [0.2, 0.25) is 0 Å². The Hall–Kier alpha value is -1.51. The Morgan fingerprint density at radius 2 is 2.11 bits per heavy atom. The Morgan fingerprint density at radius 3 is 2.72 bits per heavy atom. The first-order valence-corrected chi connectivity index (χ1v) is 6.27. The third-order valence-electron chi connectivity index (χ3n) is 3.03. The first-order valence-electron chi connectivity index (χ1n) is 6.27. The number of benzene rings is 1. The SMILES string of the molecule is COc1ccc2c(c1)C(=O)CC(CC(C)(C)C)O2. The van der Waals surface area contributed by atoms with Crippen LogP contribution in [-0.2, 0) is 0 Å². The van der Waals surface area contributed by atoms with Gasteiger partial charge in [0.1, 0.15) is 17.6 Å². The minimum absolute atomic E-state index is 0.0154. The molecule has 0 amide bonds. The molecule has 3 nitrogen and oxygen atoms in total. The van der Waals surface area contributed by atoms with Gasteiger partial charge in [-0.3, -0.25) is 4.79 Å². The normalized spacial score (nSPS) is 19.1. The van der Waals surface area contributed by atoms with Crippen LogP contribution < -0.4 is 9.47 Å². The highest BCUT2D eigenvalue weighted by Crippen LogP contribution is 2.34. The van der Waals surface area contributed by atoms with Gasteiger partial charge in [-0.15, -0.1) is 0 Å². The summed E-state index contributed by atoms with van der Waals surface area (Å²) in [5.41, 5.74) is 0.800. The summed E-state index contributed by atoms with van der Waals surface area (Å²) in [6, 6.07) is 5.40. The number of ether oxygens (including phenoxy) is 2. The third kappa shape index (κ3) is 2.84. The van der Waals surface area contributed by atoms with E-state index in [2.05, 4.69) is 20.8 Å². The van der Waals surface area contributed by atoms with Gasteiger partial charge >= 0.3 is 0 Å². The zero-order valence-corrected chi connectivity index (χ0v) is 11.4. The molecule has 1 aliphatic heterocycles. The highest BCUT2D eigenvalue weighted by molar-refractivity contribution is 6.00. The van der Waals surface area contributed by atoms with Crippen LogP contribution in [0.4, 0.5) is 0 Å². The zero-order valence-electron chi connectivity index (χ0n) is 11.4. The number of Topliss-reactive ketones (excluding diaryl/α,β-unsaturated/α-hetero) is 1. The van der Waals surface area contributed by atoms with E-state index in [-0.39, 0.29) is 17.3 Å². The molecule has 2 rings (SSSR count). The second-order valence-electron chi connectivity index (χ2n) is 5.99. The second-order valence-corrected chi connectivity index (χ2v) is 5.99. The van der Waals surface area contributed by atoms with Crippen molar-refractivity contribution in [1.29, 1.82) is 0 Å². The van der Waals surface area contributed by atoms with E-state index in [9.17, 15) is 4.79 Å². The van der Waals surface area contributed by atoms with Crippen LogP contribution in [0, 0.1) is 5.41 Å². The number of carbonyl (C=O) groups is 1. The van der Waals surface area contributed by atoms with E-state index in [1.165, 1.54) is 0 Å². The Bertz CT molecular complexity index is 457. The number of carbonyl (C=O) groups excluding carboxylic acids is 1. The van der Waals surface area contributed by atoms with Gasteiger partial charge in [0, 0.05) is 6.42 Å². The van der Waals surface area contributed by atoms with E-state index in [0.29, 0.717) is 23.5 Å². The minimum Gasteiger partial charge on any atom is -0.497 e. The maximum atomic E-state index is 12.1. The number of rotatable bonds is 2. The van der Waals surface area contributed by atoms with Gasteiger partial charge in [-0.2, -0.15) is 0 Å². The molecular weight excluding hydrogens is 228 g/mol. The van der Waals surface area contributed by atoms with E-state index in [4.69, 9.17) is 9.47 Å². The van der Waals surface area contributed by atoms with Gasteiger partial charge in [-0.1, -0.05) is 20.8 Å². The van der Waals surface area contributed by atoms with Crippen molar-refractivity contribution in [2.75, 3.05) is 7.11 Å². The molecule has 1 unspecified atom stereocenters. The molecule has 98 valence electrons. The third-order valence-corrected chi connectivity index (χ3v) is 3.03. The molecule has 0 saturated heterocycles. The summed E-state index contributed by atoms with van der Waals surface area (Å²) in [6.07, 6.45) is 1.32. The largest absolute Gasteiger partial charge is 0.497 e. The van der Waals surface area contributed by atoms with Crippen LogP contribution in [0.25, 0.3) is 0 Å². The molecule has 3 heteroatoms. The lowest BCUT2D eigenvalue weighted by Gasteiger charge is -2.30. The van der Waals surface area contributed by atoms with Gasteiger partial charge in [0.05, 0.1) is 12.7 Å². The van der Waals surface area contributed by atoms with Crippen molar-refractivity contribution >= 4 is 5.78 Å². The molecule has 0 bridgehead atoms. The van der Waals surface area contributed by atoms with Crippen LogP contribution in [0.3, 0.4) is 0 Å². The predicted octanol–water partition coefficient (Wildman–Crippen LogP) is 3.47. The van der Waals surface area contributed by atoms with Crippen molar-refractivity contribution in [1.82, 2.24) is 0 Å². The maximum absolute atomic E-state index is 12.1. The van der Waals surface area contributed by atoms with Crippen LogP contribution in [-0.4, -0.2) is 19.0 Å². The molecule has 0 fully saturated rings. The van der Waals surface area contributed by atoms with Crippen LogP contribution in [0.2, 0.25) is 0 Å². The molecule has 0 spiro atoms. The molecular formula is C15H20O3. The van der Waals surface area contributed by atoms with Gasteiger partial charge < -0.3 is 9.47 Å². The van der Waals surface area contributed by atoms with Gasteiger partial charge in [-0.25, -0.2) is 0 Å². The Kier molecular flexibility index (Phi) is 3.33. The number of hydrogen-bond acceptors (Lipinski definition) is 3. The van der Waals surface area contributed by atoms with Crippen LogP contribution in [0.1, 0.15) is 44.0 Å². The zero-order chi connectivity index (χ0) is 13.3. The Labute approximate surface area is 108 Å². The molecule has 0 saturated carbocycles. The standard InChI is InChI=1S/C15H20O3/c1-15(2,3)9-11-8-13(16)12-7-10(17-4)5-6-14(12)18-11/h5-7,11H,8-9H2,1-4H3. The van der Waals surface area contributed by atoms with Crippen molar-refractivity contribution in [3.8, 4) is 11.5 Å². The van der Waals surface area contributed by atoms with E-state index in [1.54, 1.807) is 13.2 Å². The summed E-state index contributed by atoms with van der Waals surface area (Å²) in [4.78, 5) is 12.1. The fraction of sp³-hybridized carbons (Fsp3) is 0.533. The molecule has 0 N–H and O–H groups in total. The summed E-state index contributed by atoms with van der Waals surface area (Å²) in [5.74, 6) is 1.52. The van der Waals surface area contributed by atoms with E-state index in [1.807, 2.05) is 12.1 Å². The second kappa shape index (κ2) is 4.63. The van der Waals surface area contributed by atoms with Crippen LogP contribution in [0.5, 0.6) is 11.5 Å². The number of ketones is 1. The smallest absolute Gasteiger partial charge is 0.170 e. The van der Waals surface area contributed by atoms with Crippen LogP contribution >= 0.6 is 0 Å². The number of methoxy groups -OCH3 is 1. The van der Waals surface area contributed by atoms with Crippen molar-refractivity contribution in [2.24, 2.45) is 5.41 Å². The highest BCUT2D eigenvalue weighted by atomic mass is 16.5. The number of fused-ring (bicyclic) bond motifs is 1. The average Bonchev–Trinajstić information content (AvgIpc) is 2.26. The monoisotopic (exact) mass is 248 g/mol.